The molecule has 16 heavy (non-hydrogen) atoms. The molecular formula is C10H19N3O2S. The number of nitrogens with two attached hydrogens (primary N) is 1. The van der Waals surface area contributed by atoms with Crippen LogP contribution in [-0.2, 0) is 4.79 Å². The summed E-state index contributed by atoms with van der Waals surface area (Å²) in [6.07, 6.45) is 2.39. The van der Waals surface area contributed by atoms with Gasteiger partial charge in [-0.05, 0) is 43.7 Å². The van der Waals surface area contributed by atoms with Gasteiger partial charge in [0, 0.05) is 0 Å². The summed E-state index contributed by atoms with van der Waals surface area (Å²) in [6, 6.07) is -1.17. The van der Waals surface area contributed by atoms with Crippen molar-refractivity contribution in [1.82, 2.24) is 10.6 Å². The second-order valence-electron chi connectivity index (χ2n) is 4.04. The van der Waals surface area contributed by atoms with Crippen molar-refractivity contribution in [3.05, 3.63) is 0 Å². The highest BCUT2D eigenvalue weighted by molar-refractivity contribution is 7.99. The van der Waals surface area contributed by atoms with E-state index in [0.717, 1.165) is 6.54 Å². The minimum absolute atomic E-state index is 0.363. The number of hydrogen-bond donors (Lipinski definition) is 3. The molecular weight excluding hydrogens is 226 g/mol. The minimum atomic E-state index is -0.798. The molecule has 0 aromatic rings. The van der Waals surface area contributed by atoms with Crippen LogP contribution in [0.4, 0.5) is 4.79 Å². The molecule has 1 unspecified atom stereocenters. The molecule has 1 aliphatic rings. The van der Waals surface area contributed by atoms with Crippen LogP contribution < -0.4 is 16.4 Å². The monoisotopic (exact) mass is 245 g/mol. The van der Waals surface area contributed by atoms with Crippen LogP contribution in [0.25, 0.3) is 0 Å². The molecule has 0 aromatic heterocycles. The van der Waals surface area contributed by atoms with Crippen LogP contribution in [0.3, 0.4) is 0 Å². The highest BCUT2D eigenvalue weighted by Gasteiger charge is 2.17. The molecule has 92 valence electrons. The van der Waals surface area contributed by atoms with Crippen molar-refractivity contribution in [3.63, 3.8) is 0 Å². The van der Waals surface area contributed by atoms with Crippen molar-refractivity contribution in [2.24, 2.45) is 11.7 Å². The molecule has 0 radical (unpaired) electrons. The molecule has 0 saturated carbocycles. The van der Waals surface area contributed by atoms with E-state index in [-0.39, 0.29) is 11.9 Å². The minimum Gasteiger partial charge on any atom is -0.351 e. The number of imide groups is 1. The highest BCUT2D eigenvalue weighted by atomic mass is 32.2. The number of thioether (sulfide) groups is 1. The SMILES string of the molecule is CC(NCC1CCSCC1)C(=O)NC(N)=O. The Labute approximate surface area is 99.9 Å². The first-order valence-corrected chi connectivity index (χ1v) is 6.66. The topological polar surface area (TPSA) is 84.2 Å². The van der Waals surface area contributed by atoms with Crippen molar-refractivity contribution in [1.29, 1.82) is 0 Å². The zero-order valence-corrected chi connectivity index (χ0v) is 10.3. The Bertz CT molecular complexity index is 254. The summed E-state index contributed by atoms with van der Waals surface area (Å²) in [5.74, 6) is 2.69. The van der Waals surface area contributed by atoms with E-state index in [1.165, 1.54) is 24.3 Å². The normalized spacial score (nSPS) is 19.1. The van der Waals surface area contributed by atoms with Gasteiger partial charge in [-0.3, -0.25) is 10.1 Å². The summed E-state index contributed by atoms with van der Waals surface area (Å²) >= 11 is 1.98. The molecule has 1 fully saturated rings. The predicted molar refractivity (Wildman–Crippen MR) is 65.2 cm³/mol. The van der Waals surface area contributed by atoms with Gasteiger partial charge >= 0.3 is 6.03 Å². The largest absolute Gasteiger partial charge is 0.351 e. The Morgan fingerprint density at radius 1 is 1.44 bits per heavy atom. The molecule has 4 N–H and O–H groups in total. The first-order chi connectivity index (χ1) is 7.59. The Balaban J connectivity index is 2.20. The van der Waals surface area contributed by atoms with E-state index in [0.29, 0.717) is 5.92 Å². The maximum Gasteiger partial charge on any atom is 0.318 e. The van der Waals surface area contributed by atoms with E-state index in [1.54, 1.807) is 6.92 Å². The van der Waals surface area contributed by atoms with E-state index < -0.39 is 6.03 Å². The number of carbonyl (C=O) groups excluding carboxylic acids is 2. The number of primary amides is 1. The third-order valence-corrected chi connectivity index (χ3v) is 3.74. The zero-order chi connectivity index (χ0) is 12.0. The van der Waals surface area contributed by atoms with Crippen LogP contribution in [0.1, 0.15) is 19.8 Å². The first-order valence-electron chi connectivity index (χ1n) is 5.51. The molecule has 0 aliphatic carbocycles. The summed E-state index contributed by atoms with van der Waals surface area (Å²) in [7, 11) is 0. The lowest BCUT2D eigenvalue weighted by Crippen LogP contribution is -2.47. The lowest BCUT2D eigenvalue weighted by molar-refractivity contribution is -0.121. The van der Waals surface area contributed by atoms with Crippen LogP contribution in [0.5, 0.6) is 0 Å². The fourth-order valence-corrected chi connectivity index (χ4v) is 2.82. The fraction of sp³-hybridized carbons (Fsp3) is 0.800. The second-order valence-corrected chi connectivity index (χ2v) is 5.26. The lowest BCUT2D eigenvalue weighted by Gasteiger charge is -2.23. The number of hydrogen-bond acceptors (Lipinski definition) is 4. The van der Waals surface area contributed by atoms with Crippen molar-refractivity contribution >= 4 is 23.7 Å². The van der Waals surface area contributed by atoms with E-state index in [2.05, 4.69) is 10.6 Å². The van der Waals surface area contributed by atoms with Crippen molar-refractivity contribution < 1.29 is 9.59 Å². The number of nitrogens with one attached hydrogen (secondary N) is 2. The highest BCUT2D eigenvalue weighted by Crippen LogP contribution is 2.21. The number of carbonyl (C=O) groups is 2. The van der Waals surface area contributed by atoms with Crippen molar-refractivity contribution in [2.75, 3.05) is 18.1 Å². The van der Waals surface area contributed by atoms with Crippen LogP contribution in [-0.4, -0.2) is 36.0 Å². The predicted octanol–water partition coefficient (Wildman–Crippen LogP) is 0.303. The Morgan fingerprint density at radius 2 is 2.06 bits per heavy atom. The fourth-order valence-electron chi connectivity index (χ4n) is 1.62. The average molecular weight is 245 g/mol. The third kappa shape index (κ3) is 4.85. The van der Waals surface area contributed by atoms with E-state index in [1.807, 2.05) is 11.8 Å². The van der Waals surface area contributed by atoms with Crippen molar-refractivity contribution in [3.8, 4) is 0 Å². The van der Waals surface area contributed by atoms with Crippen LogP contribution in [0.2, 0.25) is 0 Å². The van der Waals surface area contributed by atoms with Gasteiger partial charge in [0.2, 0.25) is 5.91 Å². The summed E-state index contributed by atoms with van der Waals surface area (Å²) in [6.45, 7) is 2.56. The Morgan fingerprint density at radius 3 is 2.62 bits per heavy atom. The Kier molecular flexibility index (Phi) is 5.62. The summed E-state index contributed by atoms with van der Waals surface area (Å²) in [4.78, 5) is 21.8. The molecule has 1 rings (SSSR count). The molecule has 1 saturated heterocycles. The molecule has 1 atom stereocenters. The van der Waals surface area contributed by atoms with E-state index in [9.17, 15) is 9.59 Å². The molecule has 0 aromatic carbocycles. The maximum absolute atomic E-state index is 11.3. The van der Waals surface area contributed by atoms with Gasteiger partial charge in [-0.25, -0.2) is 4.79 Å². The molecule has 0 bridgehead atoms. The van der Waals surface area contributed by atoms with Crippen LogP contribution in [0.15, 0.2) is 0 Å². The summed E-state index contributed by atoms with van der Waals surface area (Å²) in [5.41, 5.74) is 4.87. The van der Waals surface area contributed by atoms with Gasteiger partial charge in [-0.1, -0.05) is 0 Å². The standard InChI is InChI=1S/C10H19N3O2S/c1-7(9(14)13-10(11)15)12-6-8-2-4-16-5-3-8/h7-8,12H,2-6H2,1H3,(H3,11,13,14,15). The van der Waals surface area contributed by atoms with Gasteiger partial charge in [0.1, 0.15) is 0 Å². The van der Waals surface area contributed by atoms with Gasteiger partial charge in [-0.15, -0.1) is 0 Å². The molecule has 0 spiro atoms. The number of urea groups is 1. The van der Waals surface area contributed by atoms with Crippen LogP contribution in [0, 0.1) is 5.92 Å². The van der Waals surface area contributed by atoms with Crippen molar-refractivity contribution in [2.45, 2.75) is 25.8 Å². The van der Waals surface area contributed by atoms with Gasteiger partial charge < -0.3 is 11.1 Å². The zero-order valence-electron chi connectivity index (χ0n) is 9.49. The first kappa shape index (κ1) is 13.3. The lowest BCUT2D eigenvalue weighted by atomic mass is 10.0. The molecule has 1 heterocycles. The molecule has 3 amide bonds. The van der Waals surface area contributed by atoms with Gasteiger partial charge in [0.05, 0.1) is 6.04 Å². The van der Waals surface area contributed by atoms with Crippen LogP contribution >= 0.6 is 11.8 Å². The average Bonchev–Trinajstić information content (AvgIpc) is 2.26. The second kappa shape index (κ2) is 6.75. The summed E-state index contributed by atoms with van der Waals surface area (Å²) < 4.78 is 0. The maximum atomic E-state index is 11.3. The van der Waals surface area contributed by atoms with E-state index >= 15 is 0 Å². The molecule has 1 aliphatic heterocycles. The summed E-state index contributed by atoms with van der Waals surface area (Å²) in [5, 5.41) is 5.19. The molecule has 5 nitrogen and oxygen atoms in total. The number of rotatable bonds is 4. The third-order valence-electron chi connectivity index (χ3n) is 2.69. The smallest absolute Gasteiger partial charge is 0.318 e. The quantitative estimate of drug-likeness (QED) is 0.665. The molecule has 6 heteroatoms. The Hall–Kier alpha value is -0.750. The van der Waals surface area contributed by atoms with Gasteiger partial charge in [-0.2, -0.15) is 11.8 Å². The number of amides is 3. The van der Waals surface area contributed by atoms with Gasteiger partial charge in [0.25, 0.3) is 0 Å². The van der Waals surface area contributed by atoms with E-state index in [4.69, 9.17) is 5.73 Å². The van der Waals surface area contributed by atoms with Gasteiger partial charge in [0.15, 0.2) is 0 Å².